The van der Waals surface area contributed by atoms with Crippen LogP contribution >= 0.6 is 0 Å². The van der Waals surface area contributed by atoms with Crippen molar-refractivity contribution in [2.45, 2.75) is 24.8 Å². The Bertz CT molecular complexity index is 605. The molecule has 0 bridgehead atoms. The van der Waals surface area contributed by atoms with Gasteiger partial charge in [0.25, 0.3) is 5.91 Å². The summed E-state index contributed by atoms with van der Waals surface area (Å²) in [5, 5.41) is 6.72. The second-order valence-corrected chi connectivity index (χ2v) is 5.01. The summed E-state index contributed by atoms with van der Waals surface area (Å²) < 4.78 is 5.35. The van der Waals surface area contributed by atoms with E-state index in [0.29, 0.717) is 0 Å². The first-order valence-electron chi connectivity index (χ1n) is 6.46. The molecule has 0 aromatic heterocycles. The lowest BCUT2D eigenvalue weighted by Gasteiger charge is -2.20. The predicted molar refractivity (Wildman–Crippen MR) is 72.2 cm³/mol. The molecule has 1 saturated carbocycles. The van der Waals surface area contributed by atoms with Gasteiger partial charge < -0.3 is 10.1 Å². The SMILES string of the molecule is COc1ccccc1C1(NC(=O)C2=NNC(=O)C2)CC1. The van der Waals surface area contributed by atoms with Gasteiger partial charge in [0.1, 0.15) is 11.5 Å². The largest absolute Gasteiger partial charge is 0.496 e. The van der Waals surface area contributed by atoms with Gasteiger partial charge in [0.2, 0.25) is 5.91 Å². The van der Waals surface area contributed by atoms with Crippen LogP contribution in [0.4, 0.5) is 0 Å². The highest BCUT2D eigenvalue weighted by Crippen LogP contribution is 2.48. The zero-order valence-electron chi connectivity index (χ0n) is 11.1. The van der Waals surface area contributed by atoms with Crippen LogP contribution in [0.15, 0.2) is 29.4 Å². The molecule has 0 radical (unpaired) electrons. The van der Waals surface area contributed by atoms with Crippen molar-refractivity contribution in [3.8, 4) is 5.75 Å². The molecule has 2 aliphatic rings. The minimum absolute atomic E-state index is 0.0356. The molecule has 0 saturated heterocycles. The van der Waals surface area contributed by atoms with E-state index in [4.69, 9.17) is 4.74 Å². The molecule has 0 unspecified atom stereocenters. The van der Waals surface area contributed by atoms with Crippen LogP contribution in [0.5, 0.6) is 5.75 Å². The number of carbonyl (C=O) groups is 2. The molecule has 2 amide bonds. The molecule has 1 aliphatic carbocycles. The Morgan fingerprint density at radius 3 is 2.75 bits per heavy atom. The van der Waals surface area contributed by atoms with E-state index < -0.39 is 5.54 Å². The van der Waals surface area contributed by atoms with Crippen molar-refractivity contribution in [3.05, 3.63) is 29.8 Å². The average molecular weight is 273 g/mol. The number of amides is 2. The van der Waals surface area contributed by atoms with E-state index in [-0.39, 0.29) is 23.9 Å². The Kier molecular flexibility index (Phi) is 2.93. The normalized spacial score (nSPS) is 19.1. The van der Waals surface area contributed by atoms with Crippen LogP contribution in [0.1, 0.15) is 24.8 Å². The average Bonchev–Trinajstić information content (AvgIpc) is 3.11. The van der Waals surface area contributed by atoms with Crippen LogP contribution in [0, 0.1) is 0 Å². The van der Waals surface area contributed by atoms with Gasteiger partial charge >= 0.3 is 0 Å². The lowest BCUT2D eigenvalue weighted by Crippen LogP contribution is -2.39. The molecule has 20 heavy (non-hydrogen) atoms. The molecule has 2 N–H and O–H groups in total. The van der Waals surface area contributed by atoms with E-state index >= 15 is 0 Å². The molecule has 3 rings (SSSR count). The van der Waals surface area contributed by atoms with Gasteiger partial charge in [0.05, 0.1) is 19.1 Å². The molecular formula is C14H15N3O3. The predicted octanol–water partition coefficient (Wildman–Crippen LogP) is 0.676. The smallest absolute Gasteiger partial charge is 0.268 e. The van der Waals surface area contributed by atoms with E-state index in [9.17, 15) is 9.59 Å². The maximum atomic E-state index is 12.1. The highest BCUT2D eigenvalue weighted by Gasteiger charge is 2.48. The molecule has 1 aromatic carbocycles. The molecule has 6 nitrogen and oxygen atoms in total. The number of carbonyl (C=O) groups excluding carboxylic acids is 2. The van der Waals surface area contributed by atoms with Gasteiger partial charge in [-0.15, -0.1) is 0 Å². The number of hydrogen-bond donors (Lipinski definition) is 2. The van der Waals surface area contributed by atoms with Crippen molar-refractivity contribution >= 4 is 17.5 Å². The fraction of sp³-hybridized carbons (Fsp3) is 0.357. The first-order chi connectivity index (χ1) is 9.64. The fourth-order valence-electron chi connectivity index (χ4n) is 2.41. The molecular weight excluding hydrogens is 258 g/mol. The van der Waals surface area contributed by atoms with Crippen molar-refractivity contribution in [2.24, 2.45) is 5.10 Å². The molecule has 0 spiro atoms. The molecule has 1 aromatic rings. The molecule has 0 atom stereocenters. The summed E-state index contributed by atoms with van der Waals surface area (Å²) in [5.74, 6) is 0.205. The standard InChI is InChI=1S/C14H15N3O3/c1-20-11-5-3-2-4-9(11)14(6-7-14)15-13(19)10-8-12(18)17-16-10/h2-5H,6-8H2,1H3,(H,15,19)(H,17,18). The summed E-state index contributed by atoms with van der Waals surface area (Å²) in [4.78, 5) is 23.2. The van der Waals surface area contributed by atoms with Gasteiger partial charge in [0.15, 0.2) is 0 Å². The second kappa shape index (κ2) is 4.63. The summed E-state index contributed by atoms with van der Waals surface area (Å²) >= 11 is 0. The Hall–Kier alpha value is -2.37. The summed E-state index contributed by atoms with van der Waals surface area (Å²) in [6, 6.07) is 7.64. The van der Waals surface area contributed by atoms with Gasteiger partial charge in [-0.25, -0.2) is 5.43 Å². The van der Waals surface area contributed by atoms with E-state index in [0.717, 1.165) is 24.2 Å². The number of nitrogens with one attached hydrogen (secondary N) is 2. The number of hydrazone groups is 1. The molecule has 1 aliphatic heterocycles. The molecule has 1 fully saturated rings. The summed E-state index contributed by atoms with van der Waals surface area (Å²) in [6.45, 7) is 0. The van der Waals surface area contributed by atoms with E-state index in [1.54, 1.807) is 7.11 Å². The van der Waals surface area contributed by atoms with Gasteiger partial charge in [-0.2, -0.15) is 5.10 Å². The zero-order chi connectivity index (χ0) is 14.2. The summed E-state index contributed by atoms with van der Waals surface area (Å²) in [5.41, 5.74) is 3.09. The first kappa shape index (κ1) is 12.7. The van der Waals surface area contributed by atoms with Crippen LogP contribution in [0.2, 0.25) is 0 Å². The lowest BCUT2D eigenvalue weighted by molar-refractivity contribution is -0.120. The van der Waals surface area contributed by atoms with Crippen molar-refractivity contribution in [3.63, 3.8) is 0 Å². The topological polar surface area (TPSA) is 79.8 Å². The highest BCUT2D eigenvalue weighted by molar-refractivity contribution is 6.43. The minimum Gasteiger partial charge on any atom is -0.496 e. The monoisotopic (exact) mass is 273 g/mol. The number of nitrogens with zero attached hydrogens (tertiary/aromatic N) is 1. The van der Waals surface area contributed by atoms with Crippen molar-refractivity contribution < 1.29 is 14.3 Å². The fourth-order valence-corrected chi connectivity index (χ4v) is 2.41. The quantitative estimate of drug-likeness (QED) is 0.846. The van der Waals surface area contributed by atoms with E-state index in [1.165, 1.54) is 0 Å². The Balaban J connectivity index is 1.80. The number of ether oxygens (including phenoxy) is 1. The van der Waals surface area contributed by atoms with E-state index in [2.05, 4.69) is 15.8 Å². The minimum atomic E-state index is -0.391. The summed E-state index contributed by atoms with van der Waals surface area (Å²) in [6.07, 6.45) is 1.75. The van der Waals surface area contributed by atoms with Gasteiger partial charge in [-0.3, -0.25) is 9.59 Å². The Morgan fingerprint density at radius 2 is 2.15 bits per heavy atom. The number of hydrogen-bond acceptors (Lipinski definition) is 4. The van der Waals surface area contributed by atoms with Crippen LogP contribution in [-0.2, 0) is 15.1 Å². The maximum absolute atomic E-state index is 12.1. The van der Waals surface area contributed by atoms with Crippen LogP contribution in [0.25, 0.3) is 0 Å². The first-order valence-corrected chi connectivity index (χ1v) is 6.46. The molecule has 104 valence electrons. The van der Waals surface area contributed by atoms with Gasteiger partial charge in [-0.05, 0) is 18.9 Å². The number of benzene rings is 1. The van der Waals surface area contributed by atoms with Gasteiger partial charge in [-0.1, -0.05) is 18.2 Å². The Morgan fingerprint density at radius 1 is 1.40 bits per heavy atom. The van der Waals surface area contributed by atoms with E-state index in [1.807, 2.05) is 24.3 Å². The lowest BCUT2D eigenvalue weighted by atomic mass is 10.0. The number of methoxy groups -OCH3 is 1. The third kappa shape index (κ3) is 2.13. The number of rotatable bonds is 4. The van der Waals surface area contributed by atoms with Crippen molar-refractivity contribution in [1.82, 2.24) is 10.7 Å². The second-order valence-electron chi connectivity index (χ2n) is 5.01. The molecule has 6 heteroatoms. The van der Waals surface area contributed by atoms with Crippen LogP contribution in [0.3, 0.4) is 0 Å². The third-order valence-corrected chi connectivity index (χ3v) is 3.63. The Labute approximate surface area is 116 Å². The maximum Gasteiger partial charge on any atom is 0.268 e. The number of para-hydroxylation sites is 1. The zero-order valence-corrected chi connectivity index (χ0v) is 11.1. The third-order valence-electron chi connectivity index (χ3n) is 3.63. The molecule has 1 heterocycles. The summed E-state index contributed by atoms with van der Waals surface area (Å²) in [7, 11) is 1.61. The van der Waals surface area contributed by atoms with Crippen LogP contribution in [-0.4, -0.2) is 24.6 Å². The van der Waals surface area contributed by atoms with Crippen molar-refractivity contribution in [2.75, 3.05) is 7.11 Å². The van der Waals surface area contributed by atoms with Crippen LogP contribution < -0.4 is 15.5 Å². The van der Waals surface area contributed by atoms with Crippen molar-refractivity contribution in [1.29, 1.82) is 0 Å². The van der Waals surface area contributed by atoms with Gasteiger partial charge in [0, 0.05) is 5.56 Å². The highest BCUT2D eigenvalue weighted by atomic mass is 16.5.